The van der Waals surface area contributed by atoms with Gasteiger partial charge in [0.1, 0.15) is 24.7 Å². The molecule has 0 atom stereocenters. The van der Waals surface area contributed by atoms with Gasteiger partial charge in [-0.1, -0.05) is 37.4 Å². The first-order valence-electron chi connectivity index (χ1n) is 8.49. The standard InChI is InChI=1S/C22H18O6/c1-4-9-27-16-8-6-7-14-18(16)21(24)19-15(20(14)23)11-13(22(25)26-3)12-17(19)28-10-5-2/h4-8,11-12H,1-2,9-10H2,3H3. The van der Waals surface area contributed by atoms with E-state index < -0.39 is 17.5 Å². The third-order valence-electron chi connectivity index (χ3n) is 4.21. The van der Waals surface area contributed by atoms with Crippen LogP contribution in [0.2, 0.25) is 0 Å². The van der Waals surface area contributed by atoms with E-state index in [1.807, 2.05) is 0 Å². The molecule has 6 heteroatoms. The van der Waals surface area contributed by atoms with Gasteiger partial charge in [0, 0.05) is 11.1 Å². The van der Waals surface area contributed by atoms with Crippen molar-refractivity contribution in [3.05, 3.63) is 83.5 Å². The predicted molar refractivity (Wildman–Crippen MR) is 102 cm³/mol. The van der Waals surface area contributed by atoms with Gasteiger partial charge in [0.2, 0.25) is 5.78 Å². The topological polar surface area (TPSA) is 78.9 Å². The van der Waals surface area contributed by atoms with E-state index >= 15 is 0 Å². The van der Waals surface area contributed by atoms with Crippen molar-refractivity contribution in [2.24, 2.45) is 0 Å². The molecule has 142 valence electrons. The van der Waals surface area contributed by atoms with Gasteiger partial charge in [-0.3, -0.25) is 9.59 Å². The van der Waals surface area contributed by atoms with Crippen molar-refractivity contribution in [2.75, 3.05) is 20.3 Å². The summed E-state index contributed by atoms with van der Waals surface area (Å²) in [4.78, 5) is 38.4. The van der Waals surface area contributed by atoms with Crippen LogP contribution in [0, 0.1) is 0 Å². The van der Waals surface area contributed by atoms with Crippen LogP contribution in [0.1, 0.15) is 42.2 Å². The van der Waals surface area contributed by atoms with E-state index in [9.17, 15) is 14.4 Å². The van der Waals surface area contributed by atoms with Gasteiger partial charge in [0.25, 0.3) is 0 Å². The number of benzene rings is 2. The van der Waals surface area contributed by atoms with E-state index in [0.29, 0.717) is 0 Å². The molecule has 0 saturated carbocycles. The molecule has 0 N–H and O–H groups in total. The van der Waals surface area contributed by atoms with Crippen LogP contribution in [0.4, 0.5) is 0 Å². The van der Waals surface area contributed by atoms with Crippen LogP contribution in [0.25, 0.3) is 0 Å². The lowest BCUT2D eigenvalue weighted by Gasteiger charge is -2.22. The lowest BCUT2D eigenvalue weighted by Crippen LogP contribution is -2.24. The second-order valence-corrected chi connectivity index (χ2v) is 5.92. The summed E-state index contributed by atoms with van der Waals surface area (Å²) in [6, 6.07) is 7.53. The number of hydrogen-bond acceptors (Lipinski definition) is 6. The Bertz CT molecular complexity index is 1000. The highest BCUT2D eigenvalue weighted by Gasteiger charge is 2.36. The first-order valence-corrected chi connectivity index (χ1v) is 8.49. The minimum atomic E-state index is -0.639. The maximum absolute atomic E-state index is 13.3. The van der Waals surface area contributed by atoms with Crippen LogP contribution in [-0.4, -0.2) is 37.9 Å². The molecule has 0 bridgehead atoms. The van der Waals surface area contributed by atoms with Crippen LogP contribution in [0.3, 0.4) is 0 Å². The first kappa shape index (κ1) is 19.1. The summed E-state index contributed by atoms with van der Waals surface area (Å²) < 4.78 is 15.9. The quantitative estimate of drug-likeness (QED) is 0.463. The second kappa shape index (κ2) is 7.92. The van der Waals surface area contributed by atoms with Gasteiger partial charge in [0.05, 0.1) is 23.8 Å². The number of methoxy groups -OCH3 is 1. The molecule has 0 fully saturated rings. The van der Waals surface area contributed by atoms with E-state index in [2.05, 4.69) is 13.2 Å². The van der Waals surface area contributed by atoms with Crippen molar-refractivity contribution in [3.63, 3.8) is 0 Å². The smallest absolute Gasteiger partial charge is 0.338 e. The third-order valence-corrected chi connectivity index (χ3v) is 4.21. The Morgan fingerprint density at radius 3 is 2.21 bits per heavy atom. The highest BCUT2D eigenvalue weighted by molar-refractivity contribution is 6.30. The van der Waals surface area contributed by atoms with Crippen molar-refractivity contribution in [1.29, 1.82) is 0 Å². The fourth-order valence-corrected chi connectivity index (χ4v) is 3.02. The monoisotopic (exact) mass is 378 g/mol. The highest BCUT2D eigenvalue weighted by atomic mass is 16.5. The molecule has 0 unspecified atom stereocenters. The lowest BCUT2D eigenvalue weighted by molar-refractivity contribution is 0.0600. The number of esters is 1. The van der Waals surface area contributed by atoms with E-state index in [1.54, 1.807) is 24.3 Å². The maximum Gasteiger partial charge on any atom is 0.338 e. The zero-order chi connectivity index (χ0) is 20.3. The normalized spacial score (nSPS) is 11.9. The molecule has 0 amide bonds. The summed E-state index contributed by atoms with van der Waals surface area (Å²) in [5, 5.41) is 0. The molecule has 3 rings (SSSR count). The second-order valence-electron chi connectivity index (χ2n) is 5.92. The molecule has 0 spiro atoms. The van der Waals surface area contributed by atoms with Crippen LogP contribution >= 0.6 is 0 Å². The fraction of sp³-hybridized carbons (Fsp3) is 0.136. The van der Waals surface area contributed by atoms with Gasteiger partial charge in [-0.2, -0.15) is 0 Å². The molecule has 2 aromatic carbocycles. The number of ketones is 2. The molecule has 0 aromatic heterocycles. The molecule has 0 heterocycles. The first-order chi connectivity index (χ1) is 13.5. The Labute approximate surface area is 162 Å². The number of hydrogen-bond donors (Lipinski definition) is 0. The maximum atomic E-state index is 13.3. The van der Waals surface area contributed by atoms with Crippen molar-refractivity contribution in [3.8, 4) is 11.5 Å². The van der Waals surface area contributed by atoms with Crippen LogP contribution in [0.5, 0.6) is 11.5 Å². The number of carbonyl (C=O) groups is 3. The van der Waals surface area contributed by atoms with E-state index in [0.717, 1.165) is 0 Å². The summed E-state index contributed by atoms with van der Waals surface area (Å²) in [6.07, 6.45) is 3.04. The van der Waals surface area contributed by atoms with Crippen LogP contribution < -0.4 is 9.47 Å². The summed E-state index contributed by atoms with van der Waals surface area (Å²) >= 11 is 0. The van der Waals surface area contributed by atoms with E-state index in [4.69, 9.17) is 14.2 Å². The molecule has 0 radical (unpaired) electrons. The Kier molecular flexibility index (Phi) is 5.40. The number of rotatable bonds is 7. The molecular weight excluding hydrogens is 360 g/mol. The van der Waals surface area contributed by atoms with Crippen molar-refractivity contribution >= 4 is 17.5 Å². The Morgan fingerprint density at radius 2 is 1.57 bits per heavy atom. The number of fused-ring (bicyclic) bond motifs is 2. The Morgan fingerprint density at radius 1 is 0.929 bits per heavy atom. The van der Waals surface area contributed by atoms with Gasteiger partial charge < -0.3 is 14.2 Å². The summed E-state index contributed by atoms with van der Waals surface area (Å²) in [6.45, 7) is 7.45. The number of carbonyl (C=O) groups excluding carboxylic acids is 3. The van der Waals surface area contributed by atoms with E-state index in [-0.39, 0.29) is 52.5 Å². The van der Waals surface area contributed by atoms with Crippen molar-refractivity contribution in [1.82, 2.24) is 0 Å². The van der Waals surface area contributed by atoms with Gasteiger partial charge in [0.15, 0.2) is 5.78 Å². The highest BCUT2D eigenvalue weighted by Crippen LogP contribution is 2.38. The molecule has 1 aliphatic carbocycles. The minimum absolute atomic E-state index is 0.0836. The van der Waals surface area contributed by atoms with E-state index in [1.165, 1.54) is 25.3 Å². The van der Waals surface area contributed by atoms with Gasteiger partial charge in [-0.05, 0) is 18.2 Å². The van der Waals surface area contributed by atoms with Gasteiger partial charge in [-0.15, -0.1) is 0 Å². The molecule has 28 heavy (non-hydrogen) atoms. The molecular formula is C22H18O6. The van der Waals surface area contributed by atoms with Crippen molar-refractivity contribution in [2.45, 2.75) is 0 Å². The molecule has 1 aliphatic rings. The fourth-order valence-electron chi connectivity index (χ4n) is 3.02. The minimum Gasteiger partial charge on any atom is -0.489 e. The number of ether oxygens (including phenoxy) is 3. The zero-order valence-electron chi connectivity index (χ0n) is 15.3. The van der Waals surface area contributed by atoms with Crippen molar-refractivity contribution < 1.29 is 28.6 Å². The van der Waals surface area contributed by atoms with Crippen LogP contribution in [0.15, 0.2) is 55.6 Å². The molecule has 0 saturated heterocycles. The molecule has 2 aromatic rings. The summed E-state index contributed by atoms with van der Waals surface area (Å²) in [5.41, 5.74) is 0.651. The predicted octanol–water partition coefficient (Wildman–Crippen LogP) is 3.38. The third kappa shape index (κ3) is 3.20. The lowest BCUT2D eigenvalue weighted by atomic mass is 9.82. The summed E-state index contributed by atoms with van der Waals surface area (Å²) in [7, 11) is 1.23. The van der Waals surface area contributed by atoms with Crippen LogP contribution in [-0.2, 0) is 4.74 Å². The average molecular weight is 378 g/mol. The average Bonchev–Trinajstić information content (AvgIpc) is 2.72. The largest absolute Gasteiger partial charge is 0.489 e. The summed E-state index contributed by atoms with van der Waals surface area (Å²) in [5.74, 6) is -1.06. The SMILES string of the molecule is C=CCOc1cccc2c1C(=O)c1c(OCC=C)cc(C(=O)OC)cc1C2=O. The molecule has 6 nitrogen and oxygen atoms in total. The van der Waals surface area contributed by atoms with Gasteiger partial charge in [-0.25, -0.2) is 4.79 Å². The zero-order valence-corrected chi connectivity index (χ0v) is 15.3. The van der Waals surface area contributed by atoms with Gasteiger partial charge >= 0.3 is 5.97 Å². The Balaban J connectivity index is 2.23. The Hall–Kier alpha value is -3.67. The molecule has 0 aliphatic heterocycles.